The third-order valence-corrected chi connectivity index (χ3v) is 5.11. The molecule has 1 aromatic carbocycles. The molecule has 4 rings (SSSR count). The molecule has 0 spiro atoms. The smallest absolute Gasteiger partial charge is 0.342 e. The van der Waals surface area contributed by atoms with Gasteiger partial charge in [-0.2, -0.15) is 14.2 Å². The van der Waals surface area contributed by atoms with E-state index in [1.54, 1.807) is 31.3 Å². The lowest BCUT2D eigenvalue weighted by Crippen LogP contribution is -2.50. The SMILES string of the molecule is CN1C(=O)[C@@H](NC(=O)n2cc(Cc3cccc(F)n3)cn2)COc2ccc(Br)cc21. The summed E-state index contributed by atoms with van der Waals surface area (Å²) in [6.07, 6.45) is 3.33. The Morgan fingerprint density at radius 3 is 3.00 bits per heavy atom. The highest BCUT2D eigenvalue weighted by atomic mass is 79.9. The number of ether oxygens (including phenoxy) is 1. The summed E-state index contributed by atoms with van der Waals surface area (Å²) in [4.78, 5) is 30.7. The Balaban J connectivity index is 1.45. The minimum Gasteiger partial charge on any atom is -0.489 e. The van der Waals surface area contributed by atoms with E-state index in [-0.39, 0.29) is 12.5 Å². The van der Waals surface area contributed by atoms with Crippen molar-refractivity contribution in [2.75, 3.05) is 18.6 Å². The van der Waals surface area contributed by atoms with E-state index in [0.29, 0.717) is 29.1 Å². The third-order valence-electron chi connectivity index (χ3n) is 4.62. The lowest BCUT2D eigenvalue weighted by Gasteiger charge is -2.20. The van der Waals surface area contributed by atoms with Crippen molar-refractivity contribution in [2.45, 2.75) is 12.5 Å². The van der Waals surface area contributed by atoms with Gasteiger partial charge in [-0.05, 0) is 35.9 Å². The first-order valence-corrected chi connectivity index (χ1v) is 9.86. The number of hydrogen-bond donors (Lipinski definition) is 1. The summed E-state index contributed by atoms with van der Waals surface area (Å²) in [5.41, 5.74) is 1.81. The second kappa shape index (κ2) is 8.23. The van der Waals surface area contributed by atoms with Crippen LogP contribution >= 0.6 is 15.9 Å². The molecule has 2 aromatic heterocycles. The van der Waals surface area contributed by atoms with E-state index >= 15 is 0 Å². The fourth-order valence-electron chi connectivity index (χ4n) is 3.11. The average molecular weight is 474 g/mol. The number of amides is 2. The molecule has 0 aliphatic carbocycles. The van der Waals surface area contributed by atoms with Gasteiger partial charge in [-0.1, -0.05) is 22.0 Å². The average Bonchev–Trinajstić information content (AvgIpc) is 3.15. The number of hydrogen-bond acceptors (Lipinski definition) is 5. The number of carbonyl (C=O) groups excluding carboxylic acids is 2. The van der Waals surface area contributed by atoms with Crippen molar-refractivity contribution in [2.24, 2.45) is 0 Å². The van der Waals surface area contributed by atoms with E-state index < -0.39 is 18.0 Å². The Bertz CT molecular complexity index is 1120. The zero-order valence-electron chi connectivity index (χ0n) is 15.9. The topological polar surface area (TPSA) is 89.4 Å². The van der Waals surface area contributed by atoms with Crippen LogP contribution < -0.4 is 15.0 Å². The molecule has 8 nitrogen and oxygen atoms in total. The molecule has 0 saturated carbocycles. The van der Waals surface area contributed by atoms with E-state index in [9.17, 15) is 14.0 Å². The van der Waals surface area contributed by atoms with Crippen LogP contribution in [0.15, 0.2) is 53.3 Å². The molecular weight excluding hydrogens is 457 g/mol. The van der Waals surface area contributed by atoms with Crippen LogP contribution in [-0.2, 0) is 11.2 Å². The van der Waals surface area contributed by atoms with Crippen molar-refractivity contribution in [1.82, 2.24) is 20.1 Å². The van der Waals surface area contributed by atoms with Gasteiger partial charge in [0.15, 0.2) is 0 Å². The molecule has 0 saturated heterocycles. The summed E-state index contributed by atoms with van der Waals surface area (Å²) in [5, 5.41) is 6.68. The Morgan fingerprint density at radius 1 is 1.37 bits per heavy atom. The van der Waals surface area contributed by atoms with Gasteiger partial charge in [0.1, 0.15) is 18.4 Å². The number of aromatic nitrogens is 3. The predicted octanol–water partition coefficient (Wildman–Crippen LogP) is 2.75. The number of nitrogens with zero attached hydrogens (tertiary/aromatic N) is 4. The molecule has 3 heterocycles. The van der Waals surface area contributed by atoms with Crippen molar-refractivity contribution in [3.8, 4) is 5.75 Å². The van der Waals surface area contributed by atoms with Crippen LogP contribution in [0.1, 0.15) is 11.3 Å². The summed E-state index contributed by atoms with van der Waals surface area (Å²) in [5.74, 6) is -0.326. The number of nitrogens with one attached hydrogen (secondary N) is 1. The van der Waals surface area contributed by atoms with E-state index in [1.165, 1.54) is 23.4 Å². The molecule has 1 N–H and O–H groups in total. The monoisotopic (exact) mass is 473 g/mol. The van der Waals surface area contributed by atoms with Crippen LogP contribution in [0.25, 0.3) is 0 Å². The molecule has 0 fully saturated rings. The Kier molecular flexibility index (Phi) is 5.49. The van der Waals surface area contributed by atoms with Crippen LogP contribution in [0.4, 0.5) is 14.9 Å². The number of likely N-dealkylation sites (N-methyl/N-ethyl adjacent to an activating group) is 1. The highest BCUT2D eigenvalue weighted by Gasteiger charge is 2.31. The lowest BCUT2D eigenvalue weighted by atomic mass is 10.2. The van der Waals surface area contributed by atoms with Gasteiger partial charge in [0.25, 0.3) is 5.91 Å². The Hall–Kier alpha value is -3.27. The Labute approximate surface area is 179 Å². The van der Waals surface area contributed by atoms with Crippen molar-refractivity contribution < 1.29 is 18.7 Å². The number of fused-ring (bicyclic) bond motifs is 1. The normalized spacial score (nSPS) is 15.9. The fraction of sp³-hybridized carbons (Fsp3) is 0.200. The van der Waals surface area contributed by atoms with Crippen molar-refractivity contribution in [3.63, 3.8) is 0 Å². The standard InChI is InChI=1S/C20H17BrFN5O3/c1-26-16-8-13(21)5-6-17(16)30-11-15(19(26)28)25-20(29)27-10-12(9-23-27)7-14-3-2-4-18(22)24-14/h2-6,8-10,15H,7,11H2,1H3,(H,25,29)/t15-/m0/s1. The number of pyridine rings is 1. The van der Waals surface area contributed by atoms with Crippen molar-refractivity contribution in [1.29, 1.82) is 0 Å². The maximum absolute atomic E-state index is 13.2. The highest BCUT2D eigenvalue weighted by Crippen LogP contribution is 2.33. The summed E-state index contributed by atoms with van der Waals surface area (Å²) in [7, 11) is 1.62. The number of rotatable bonds is 3. The van der Waals surface area contributed by atoms with E-state index in [1.807, 2.05) is 6.07 Å². The van der Waals surface area contributed by atoms with Gasteiger partial charge < -0.3 is 15.0 Å². The molecule has 0 bridgehead atoms. The predicted molar refractivity (Wildman–Crippen MR) is 110 cm³/mol. The largest absolute Gasteiger partial charge is 0.489 e. The molecular formula is C20H17BrFN5O3. The summed E-state index contributed by atoms with van der Waals surface area (Å²) in [6, 6.07) is 8.41. The molecule has 30 heavy (non-hydrogen) atoms. The zero-order chi connectivity index (χ0) is 21.3. The van der Waals surface area contributed by atoms with Gasteiger partial charge in [-0.15, -0.1) is 0 Å². The van der Waals surface area contributed by atoms with Gasteiger partial charge in [-0.25, -0.2) is 9.78 Å². The molecule has 154 valence electrons. The quantitative estimate of drug-likeness (QED) is 0.590. The minimum atomic E-state index is -0.883. The van der Waals surface area contributed by atoms with Crippen LogP contribution in [0.3, 0.4) is 0 Å². The van der Waals surface area contributed by atoms with Gasteiger partial charge in [0.05, 0.1) is 11.9 Å². The third kappa shape index (κ3) is 4.18. The highest BCUT2D eigenvalue weighted by molar-refractivity contribution is 9.10. The van der Waals surface area contributed by atoms with Gasteiger partial charge in [0.2, 0.25) is 5.95 Å². The van der Waals surface area contributed by atoms with Gasteiger partial charge in [-0.3, -0.25) is 4.79 Å². The van der Waals surface area contributed by atoms with Crippen molar-refractivity contribution >= 4 is 33.6 Å². The van der Waals surface area contributed by atoms with E-state index in [4.69, 9.17) is 4.74 Å². The molecule has 2 amide bonds. The van der Waals surface area contributed by atoms with Crippen LogP contribution in [0, 0.1) is 5.95 Å². The van der Waals surface area contributed by atoms with Crippen LogP contribution in [0.2, 0.25) is 0 Å². The first-order valence-electron chi connectivity index (χ1n) is 9.06. The maximum atomic E-state index is 13.2. The zero-order valence-corrected chi connectivity index (χ0v) is 17.5. The second-order valence-corrected chi connectivity index (χ2v) is 7.66. The van der Waals surface area contributed by atoms with Crippen LogP contribution in [0.5, 0.6) is 5.75 Å². The maximum Gasteiger partial charge on any atom is 0.342 e. The van der Waals surface area contributed by atoms with Gasteiger partial charge in [0, 0.05) is 29.8 Å². The molecule has 1 aliphatic heterocycles. The molecule has 0 radical (unpaired) electrons. The molecule has 1 atom stereocenters. The van der Waals surface area contributed by atoms with Crippen molar-refractivity contribution in [3.05, 3.63) is 70.5 Å². The molecule has 3 aromatic rings. The second-order valence-electron chi connectivity index (χ2n) is 6.74. The summed E-state index contributed by atoms with van der Waals surface area (Å²) >= 11 is 3.38. The van der Waals surface area contributed by atoms with E-state index in [0.717, 1.165) is 9.15 Å². The number of anilines is 1. The molecule has 0 unspecified atom stereocenters. The Morgan fingerprint density at radius 2 is 2.20 bits per heavy atom. The molecule has 10 heteroatoms. The van der Waals surface area contributed by atoms with Gasteiger partial charge >= 0.3 is 6.03 Å². The fourth-order valence-corrected chi connectivity index (χ4v) is 3.46. The number of carbonyl (C=O) groups is 2. The molecule has 1 aliphatic rings. The van der Waals surface area contributed by atoms with Crippen LogP contribution in [-0.4, -0.2) is 46.4 Å². The first-order chi connectivity index (χ1) is 14.4. The summed E-state index contributed by atoms with van der Waals surface area (Å²) < 4.78 is 20.9. The number of benzene rings is 1. The summed E-state index contributed by atoms with van der Waals surface area (Å²) in [6.45, 7) is -0.00904. The number of halogens is 2. The van der Waals surface area contributed by atoms with E-state index in [2.05, 4.69) is 31.3 Å². The first kappa shape index (κ1) is 20.0. The lowest BCUT2D eigenvalue weighted by molar-refractivity contribution is -0.120. The minimum absolute atomic E-state index is 0.00904.